The molecule has 0 saturated heterocycles. The molecule has 13 heavy (non-hydrogen) atoms. The summed E-state index contributed by atoms with van der Waals surface area (Å²) >= 11 is 0. The van der Waals surface area contributed by atoms with E-state index in [4.69, 9.17) is 5.73 Å². The van der Waals surface area contributed by atoms with Crippen LogP contribution in [-0.2, 0) is 0 Å². The molecule has 0 aliphatic rings. The molecule has 2 aromatic carbocycles. The predicted molar refractivity (Wildman–Crippen MR) is 54.6 cm³/mol. The summed E-state index contributed by atoms with van der Waals surface area (Å²) in [4.78, 5) is 0. The Morgan fingerprint density at radius 2 is 1.38 bits per heavy atom. The van der Waals surface area contributed by atoms with E-state index in [2.05, 4.69) is 12.1 Å². The first-order valence-electron chi connectivity index (χ1n) is 4.23. The van der Waals surface area contributed by atoms with Crippen molar-refractivity contribution < 1.29 is 0 Å². The molecule has 1 heteroatoms. The fourth-order valence-corrected chi connectivity index (χ4v) is 1.33. The number of benzene rings is 2. The average molecular weight is 168 g/mol. The van der Waals surface area contributed by atoms with Crippen molar-refractivity contribution in [3.05, 3.63) is 54.6 Å². The molecule has 0 fully saturated rings. The van der Waals surface area contributed by atoms with E-state index >= 15 is 0 Å². The summed E-state index contributed by atoms with van der Waals surface area (Å²) in [5.74, 6) is 0. The highest BCUT2D eigenvalue weighted by atomic mass is 14.5. The van der Waals surface area contributed by atoms with Crippen LogP contribution < -0.4 is 5.73 Å². The highest BCUT2D eigenvalue weighted by molar-refractivity contribution is 5.66. The molecule has 1 radical (unpaired) electrons. The summed E-state index contributed by atoms with van der Waals surface area (Å²) in [7, 11) is 0. The zero-order chi connectivity index (χ0) is 9.10. The smallest absolute Gasteiger partial charge is 0.0546 e. The molecule has 2 aromatic rings. The molecular weight excluding hydrogens is 158 g/mol. The van der Waals surface area contributed by atoms with Crippen LogP contribution in [0.1, 0.15) is 0 Å². The van der Waals surface area contributed by atoms with Crippen molar-refractivity contribution in [1.82, 2.24) is 5.73 Å². The van der Waals surface area contributed by atoms with Crippen LogP contribution in [-0.4, -0.2) is 0 Å². The molecule has 0 bridgehead atoms. The Hall–Kier alpha value is -1.76. The molecule has 0 aromatic heterocycles. The largest absolute Gasteiger partial charge is 0.301 e. The van der Waals surface area contributed by atoms with Crippen LogP contribution in [0.4, 0.5) is 5.69 Å². The molecule has 0 amide bonds. The minimum absolute atomic E-state index is 0.557. The molecule has 0 aliphatic heterocycles. The quantitative estimate of drug-likeness (QED) is 0.624. The fourth-order valence-electron chi connectivity index (χ4n) is 1.33. The highest BCUT2D eigenvalue weighted by Gasteiger charge is 1.95. The van der Waals surface area contributed by atoms with Crippen molar-refractivity contribution in [2.45, 2.75) is 0 Å². The van der Waals surface area contributed by atoms with Gasteiger partial charge in [0.05, 0.1) is 5.69 Å². The van der Waals surface area contributed by atoms with Crippen molar-refractivity contribution in [1.29, 1.82) is 0 Å². The van der Waals surface area contributed by atoms with Crippen LogP contribution >= 0.6 is 0 Å². The van der Waals surface area contributed by atoms with Crippen LogP contribution in [0.5, 0.6) is 0 Å². The lowest BCUT2D eigenvalue weighted by molar-refractivity contribution is 1.48. The van der Waals surface area contributed by atoms with Crippen LogP contribution in [0.15, 0.2) is 54.6 Å². The van der Waals surface area contributed by atoms with Gasteiger partial charge in [-0.05, 0) is 23.3 Å². The van der Waals surface area contributed by atoms with E-state index in [1.54, 1.807) is 6.07 Å². The van der Waals surface area contributed by atoms with E-state index < -0.39 is 0 Å². The Kier molecular flexibility index (Phi) is 2.01. The molecule has 0 saturated carbocycles. The Bertz CT molecular complexity index is 393. The molecule has 2 rings (SSSR count). The standard InChI is InChI=1S/C12H10N/c13-12-8-4-7-11(9-12)10-5-2-1-3-6-10/h1-9,13H. The summed E-state index contributed by atoms with van der Waals surface area (Å²) in [6.45, 7) is 0. The van der Waals surface area contributed by atoms with Crippen molar-refractivity contribution in [2.75, 3.05) is 0 Å². The average Bonchev–Trinajstić information content (AvgIpc) is 2.19. The van der Waals surface area contributed by atoms with Crippen LogP contribution in [0, 0.1) is 0 Å². The normalized spacial score (nSPS) is 9.85. The SMILES string of the molecule is [NH]c1cccc(-c2ccccc2)c1. The number of hydrogen-bond acceptors (Lipinski definition) is 0. The van der Waals surface area contributed by atoms with Crippen LogP contribution in [0.25, 0.3) is 11.1 Å². The van der Waals surface area contributed by atoms with Crippen molar-refractivity contribution in [3.63, 3.8) is 0 Å². The summed E-state index contributed by atoms with van der Waals surface area (Å²) in [5, 5.41) is 0. The maximum Gasteiger partial charge on any atom is 0.0546 e. The lowest BCUT2D eigenvalue weighted by Gasteiger charge is -2.00. The topological polar surface area (TPSA) is 23.8 Å². The van der Waals surface area contributed by atoms with Gasteiger partial charge in [0, 0.05) is 0 Å². The third-order valence-electron chi connectivity index (χ3n) is 1.97. The molecule has 0 aliphatic carbocycles. The van der Waals surface area contributed by atoms with E-state index in [1.807, 2.05) is 36.4 Å². The second kappa shape index (κ2) is 3.31. The minimum Gasteiger partial charge on any atom is -0.301 e. The van der Waals surface area contributed by atoms with Gasteiger partial charge in [0.2, 0.25) is 0 Å². The highest BCUT2D eigenvalue weighted by Crippen LogP contribution is 2.20. The van der Waals surface area contributed by atoms with Gasteiger partial charge >= 0.3 is 0 Å². The molecule has 0 atom stereocenters. The minimum atomic E-state index is 0.557. The van der Waals surface area contributed by atoms with E-state index in [0.29, 0.717) is 5.69 Å². The Balaban J connectivity index is 2.48. The van der Waals surface area contributed by atoms with Gasteiger partial charge in [-0.1, -0.05) is 42.5 Å². The van der Waals surface area contributed by atoms with Crippen LogP contribution in [0.3, 0.4) is 0 Å². The van der Waals surface area contributed by atoms with Crippen LogP contribution in [0.2, 0.25) is 0 Å². The van der Waals surface area contributed by atoms with Crippen molar-refractivity contribution >= 4 is 5.69 Å². The number of hydrogen-bond donors (Lipinski definition) is 0. The fraction of sp³-hybridized carbons (Fsp3) is 0. The Morgan fingerprint density at radius 3 is 2.08 bits per heavy atom. The van der Waals surface area contributed by atoms with Gasteiger partial charge in [0.1, 0.15) is 0 Å². The maximum absolute atomic E-state index is 7.49. The Labute approximate surface area is 77.8 Å². The van der Waals surface area contributed by atoms with Gasteiger partial charge in [-0.2, -0.15) is 0 Å². The second-order valence-corrected chi connectivity index (χ2v) is 2.95. The van der Waals surface area contributed by atoms with Gasteiger partial charge < -0.3 is 5.73 Å². The molecule has 1 nitrogen and oxygen atoms in total. The molecular formula is C12H10N. The summed E-state index contributed by atoms with van der Waals surface area (Å²) < 4.78 is 0. The third kappa shape index (κ3) is 1.70. The zero-order valence-corrected chi connectivity index (χ0v) is 7.20. The van der Waals surface area contributed by atoms with E-state index in [-0.39, 0.29) is 0 Å². The van der Waals surface area contributed by atoms with Crippen molar-refractivity contribution in [3.8, 4) is 11.1 Å². The summed E-state index contributed by atoms with van der Waals surface area (Å²) in [6.07, 6.45) is 0. The summed E-state index contributed by atoms with van der Waals surface area (Å²) in [5.41, 5.74) is 10.3. The predicted octanol–water partition coefficient (Wildman–Crippen LogP) is 3.27. The van der Waals surface area contributed by atoms with Gasteiger partial charge in [-0.15, -0.1) is 0 Å². The number of nitrogens with one attached hydrogen (secondary N) is 1. The first kappa shape index (κ1) is 7.87. The molecule has 0 spiro atoms. The van der Waals surface area contributed by atoms with E-state index in [0.717, 1.165) is 11.1 Å². The second-order valence-electron chi connectivity index (χ2n) is 2.95. The Morgan fingerprint density at radius 1 is 0.692 bits per heavy atom. The van der Waals surface area contributed by atoms with E-state index in [1.165, 1.54) is 0 Å². The lowest BCUT2D eigenvalue weighted by Crippen LogP contribution is -1.76. The maximum atomic E-state index is 7.49. The molecule has 63 valence electrons. The third-order valence-corrected chi connectivity index (χ3v) is 1.97. The number of rotatable bonds is 1. The van der Waals surface area contributed by atoms with Gasteiger partial charge in [-0.3, -0.25) is 0 Å². The zero-order valence-electron chi connectivity index (χ0n) is 7.20. The van der Waals surface area contributed by atoms with E-state index in [9.17, 15) is 0 Å². The first-order chi connectivity index (χ1) is 6.36. The van der Waals surface area contributed by atoms with Crippen molar-refractivity contribution in [2.24, 2.45) is 0 Å². The van der Waals surface area contributed by atoms with Gasteiger partial charge in [-0.25, -0.2) is 0 Å². The monoisotopic (exact) mass is 168 g/mol. The molecule has 1 N–H and O–H groups in total. The van der Waals surface area contributed by atoms with Gasteiger partial charge in [0.25, 0.3) is 0 Å². The molecule has 0 heterocycles. The first-order valence-corrected chi connectivity index (χ1v) is 4.23. The molecule has 0 unspecified atom stereocenters. The van der Waals surface area contributed by atoms with Gasteiger partial charge in [0.15, 0.2) is 0 Å². The lowest BCUT2D eigenvalue weighted by atomic mass is 10.1. The summed E-state index contributed by atoms with van der Waals surface area (Å²) in [6, 6.07) is 17.7.